The molecular weight excluding hydrogens is 352 g/mol. The smallest absolute Gasteiger partial charge is 0.337 e. The van der Waals surface area contributed by atoms with Gasteiger partial charge >= 0.3 is 11.6 Å². The Balaban J connectivity index is 1.77. The van der Waals surface area contributed by atoms with Crippen LogP contribution in [0.1, 0.15) is 46.5 Å². The summed E-state index contributed by atoms with van der Waals surface area (Å²) in [6, 6.07) is 8.46. The van der Waals surface area contributed by atoms with E-state index in [4.69, 9.17) is 9.15 Å². The first-order chi connectivity index (χ1) is 12.3. The van der Waals surface area contributed by atoms with Gasteiger partial charge in [-0.2, -0.15) is 0 Å². The van der Waals surface area contributed by atoms with Gasteiger partial charge in [-0.05, 0) is 39.7 Å². The molecule has 2 rings (SSSR count). The van der Waals surface area contributed by atoms with Crippen molar-refractivity contribution in [1.29, 1.82) is 0 Å². The van der Waals surface area contributed by atoms with Crippen LogP contribution in [0.5, 0.6) is 0 Å². The minimum absolute atomic E-state index is 0.187. The van der Waals surface area contributed by atoms with Crippen molar-refractivity contribution in [2.45, 2.75) is 51.3 Å². The summed E-state index contributed by atoms with van der Waals surface area (Å²) in [5, 5.41) is 0.722. The van der Waals surface area contributed by atoms with Gasteiger partial charge in [0.1, 0.15) is 5.58 Å². The van der Waals surface area contributed by atoms with Crippen LogP contribution in [0.3, 0.4) is 0 Å². The van der Waals surface area contributed by atoms with Crippen LogP contribution in [0, 0.1) is 5.41 Å². The molecule has 5 nitrogen and oxygen atoms in total. The van der Waals surface area contributed by atoms with Crippen molar-refractivity contribution < 1.29 is 18.2 Å². The second-order valence-corrected chi connectivity index (χ2v) is 8.81. The predicted octanol–water partition coefficient (Wildman–Crippen LogP) is 4.05. The van der Waals surface area contributed by atoms with Crippen molar-refractivity contribution >= 4 is 27.7 Å². The molecule has 2 aromatic rings. The topological polar surface area (TPSA) is 73.6 Å². The molecule has 0 spiro atoms. The van der Waals surface area contributed by atoms with Crippen LogP contribution in [0.4, 0.5) is 0 Å². The first-order valence-corrected chi connectivity index (χ1v) is 10.2. The lowest BCUT2D eigenvalue weighted by atomic mass is 9.97. The van der Waals surface area contributed by atoms with E-state index in [1.54, 1.807) is 12.1 Å². The number of benzene rings is 1. The number of fused-ring (bicyclic) bond motifs is 1. The molecule has 1 heterocycles. The standard InChI is InChI=1S/C20H26O5S/c1-20(2,3)19(22)24-12-8-4-5-9-13-26(23)17-14-18(21)25-16-11-7-6-10-15(16)17/h6-7,10-11,14H,4-5,8-9,12-13H2,1-3H3. The third kappa shape index (κ3) is 5.80. The summed E-state index contributed by atoms with van der Waals surface area (Å²) in [4.78, 5) is 23.8. The number of hydrogen-bond acceptors (Lipinski definition) is 5. The van der Waals surface area contributed by atoms with Crippen LogP contribution >= 0.6 is 0 Å². The number of rotatable bonds is 8. The molecule has 6 heteroatoms. The molecule has 0 aliphatic rings. The quantitative estimate of drug-likeness (QED) is 0.394. The molecule has 1 atom stereocenters. The zero-order valence-corrected chi connectivity index (χ0v) is 16.4. The molecule has 1 aromatic carbocycles. The molecule has 0 saturated heterocycles. The Morgan fingerprint density at radius 2 is 1.81 bits per heavy atom. The molecule has 0 radical (unpaired) electrons. The molecule has 0 fully saturated rings. The third-order valence-electron chi connectivity index (χ3n) is 3.93. The Hall–Kier alpha value is -1.95. The van der Waals surface area contributed by atoms with E-state index in [1.807, 2.05) is 32.9 Å². The van der Waals surface area contributed by atoms with E-state index in [0.29, 0.717) is 22.8 Å². The van der Waals surface area contributed by atoms with Gasteiger partial charge in [0.2, 0.25) is 0 Å². The highest BCUT2D eigenvalue weighted by Crippen LogP contribution is 2.20. The Kier molecular flexibility index (Phi) is 7.14. The molecule has 142 valence electrons. The number of carbonyl (C=O) groups excluding carboxylic acids is 1. The largest absolute Gasteiger partial charge is 0.465 e. The van der Waals surface area contributed by atoms with Crippen molar-refractivity contribution in [3.05, 3.63) is 40.8 Å². The zero-order chi connectivity index (χ0) is 19.2. The lowest BCUT2D eigenvalue weighted by molar-refractivity contribution is -0.153. The number of esters is 1. The van der Waals surface area contributed by atoms with E-state index >= 15 is 0 Å². The average molecular weight is 378 g/mol. The second kappa shape index (κ2) is 9.12. The van der Waals surface area contributed by atoms with Gasteiger partial charge in [-0.15, -0.1) is 0 Å². The molecule has 0 aliphatic carbocycles. The van der Waals surface area contributed by atoms with Gasteiger partial charge in [0.05, 0.1) is 27.7 Å². The lowest BCUT2D eigenvalue weighted by Crippen LogP contribution is -2.23. The van der Waals surface area contributed by atoms with Gasteiger partial charge in [0.25, 0.3) is 0 Å². The van der Waals surface area contributed by atoms with Gasteiger partial charge in [0, 0.05) is 17.2 Å². The fourth-order valence-corrected chi connectivity index (χ4v) is 3.78. The molecule has 0 N–H and O–H groups in total. The minimum Gasteiger partial charge on any atom is -0.465 e. The van der Waals surface area contributed by atoms with Gasteiger partial charge in [-0.1, -0.05) is 31.0 Å². The van der Waals surface area contributed by atoms with E-state index in [1.165, 1.54) is 6.07 Å². The summed E-state index contributed by atoms with van der Waals surface area (Å²) in [6.45, 7) is 5.92. The monoisotopic (exact) mass is 378 g/mol. The van der Waals surface area contributed by atoms with Gasteiger partial charge in [0.15, 0.2) is 0 Å². The van der Waals surface area contributed by atoms with E-state index in [2.05, 4.69) is 0 Å². The van der Waals surface area contributed by atoms with Crippen molar-refractivity contribution in [2.24, 2.45) is 5.41 Å². The highest BCUT2D eigenvalue weighted by atomic mass is 32.2. The van der Waals surface area contributed by atoms with E-state index < -0.39 is 21.8 Å². The first kappa shape index (κ1) is 20.4. The predicted molar refractivity (Wildman–Crippen MR) is 103 cm³/mol. The highest BCUT2D eigenvalue weighted by molar-refractivity contribution is 7.85. The Bertz CT molecular complexity index is 832. The van der Waals surface area contributed by atoms with Gasteiger partial charge in [-0.3, -0.25) is 9.00 Å². The highest BCUT2D eigenvalue weighted by Gasteiger charge is 2.22. The number of para-hydroxylation sites is 1. The fraction of sp³-hybridized carbons (Fsp3) is 0.500. The second-order valence-electron chi connectivity index (χ2n) is 7.28. The average Bonchev–Trinajstić information content (AvgIpc) is 2.58. The van der Waals surface area contributed by atoms with Crippen LogP contribution in [-0.2, 0) is 20.3 Å². The summed E-state index contributed by atoms with van der Waals surface area (Å²) < 4.78 is 22.9. The van der Waals surface area contributed by atoms with Crippen LogP contribution in [0.15, 0.2) is 44.4 Å². The summed E-state index contributed by atoms with van der Waals surface area (Å²) in [6.07, 6.45) is 3.39. The van der Waals surface area contributed by atoms with Crippen molar-refractivity contribution in [1.82, 2.24) is 0 Å². The molecular formula is C20H26O5S. The normalized spacial score (nSPS) is 12.9. The Labute approximate surface area is 156 Å². The molecule has 0 aliphatic heterocycles. The molecule has 1 unspecified atom stereocenters. The van der Waals surface area contributed by atoms with Crippen LogP contribution in [-0.4, -0.2) is 22.5 Å². The maximum atomic E-state index is 12.6. The number of ether oxygens (including phenoxy) is 1. The molecule has 1 aromatic heterocycles. The number of unbranched alkanes of at least 4 members (excludes halogenated alkanes) is 3. The molecule has 26 heavy (non-hydrogen) atoms. The van der Waals surface area contributed by atoms with Gasteiger partial charge < -0.3 is 9.15 Å². The van der Waals surface area contributed by atoms with Crippen molar-refractivity contribution in [3.63, 3.8) is 0 Å². The van der Waals surface area contributed by atoms with Crippen molar-refractivity contribution in [3.8, 4) is 0 Å². The molecule has 0 saturated carbocycles. The third-order valence-corrected chi connectivity index (χ3v) is 5.41. The van der Waals surface area contributed by atoms with E-state index in [0.717, 1.165) is 31.1 Å². The summed E-state index contributed by atoms with van der Waals surface area (Å²) in [7, 11) is -1.24. The van der Waals surface area contributed by atoms with E-state index in [9.17, 15) is 13.8 Å². The van der Waals surface area contributed by atoms with E-state index in [-0.39, 0.29) is 5.97 Å². The van der Waals surface area contributed by atoms with Crippen molar-refractivity contribution in [2.75, 3.05) is 12.4 Å². The van der Waals surface area contributed by atoms with Crippen LogP contribution < -0.4 is 5.63 Å². The van der Waals surface area contributed by atoms with Gasteiger partial charge in [-0.25, -0.2) is 4.79 Å². The minimum atomic E-state index is -1.24. The summed E-state index contributed by atoms with van der Waals surface area (Å²) in [5.74, 6) is 0.309. The fourth-order valence-electron chi connectivity index (χ4n) is 2.45. The summed E-state index contributed by atoms with van der Waals surface area (Å²) >= 11 is 0. The van der Waals surface area contributed by atoms with Crippen LogP contribution in [0.2, 0.25) is 0 Å². The maximum absolute atomic E-state index is 12.6. The molecule has 0 bridgehead atoms. The first-order valence-electron chi connectivity index (χ1n) is 8.87. The lowest BCUT2D eigenvalue weighted by Gasteiger charge is -2.16. The Morgan fingerprint density at radius 3 is 2.54 bits per heavy atom. The SMILES string of the molecule is CC(C)(C)C(=O)OCCCCCCS(=O)c1cc(=O)oc2ccccc12. The number of carbonyl (C=O) groups is 1. The maximum Gasteiger partial charge on any atom is 0.337 e. The summed E-state index contributed by atoms with van der Waals surface area (Å²) in [5.41, 5.74) is -0.487. The van der Waals surface area contributed by atoms with Crippen LogP contribution in [0.25, 0.3) is 11.0 Å². The Morgan fingerprint density at radius 1 is 1.12 bits per heavy atom. The zero-order valence-electron chi connectivity index (χ0n) is 15.6. The number of hydrogen-bond donors (Lipinski definition) is 0. The molecule has 0 amide bonds.